The molecule has 5 nitrogen and oxygen atoms in total. The van der Waals surface area contributed by atoms with E-state index in [2.05, 4.69) is 57.2 Å². The Balaban J connectivity index is 4.24. The molecule has 0 heterocycles. The Labute approximate surface area is 323 Å². The Morgan fingerprint density at radius 2 is 0.827 bits per heavy atom. The average Bonchev–Trinajstić information content (AvgIpc) is 3.14. The smallest absolute Gasteiger partial charge is 0.306 e. The predicted octanol–water partition coefficient (Wildman–Crippen LogP) is 14.7. The number of esters is 2. The van der Waals surface area contributed by atoms with E-state index in [0.29, 0.717) is 19.4 Å². The van der Waals surface area contributed by atoms with E-state index in [9.17, 15) is 9.59 Å². The zero-order valence-electron chi connectivity index (χ0n) is 34.8. The highest BCUT2D eigenvalue weighted by Gasteiger charge is 2.17. The van der Waals surface area contributed by atoms with Crippen LogP contribution in [-0.2, 0) is 23.8 Å². The number of unbranched alkanes of at least 4 members (excludes halogenated alkanes) is 24. The van der Waals surface area contributed by atoms with Crippen molar-refractivity contribution in [3.8, 4) is 0 Å². The van der Waals surface area contributed by atoms with E-state index < -0.39 is 6.10 Å². The van der Waals surface area contributed by atoms with Gasteiger partial charge in [-0.3, -0.25) is 9.59 Å². The number of rotatable bonds is 41. The van der Waals surface area contributed by atoms with Crippen molar-refractivity contribution in [3.05, 3.63) is 36.5 Å². The second-order valence-electron chi connectivity index (χ2n) is 15.0. The van der Waals surface area contributed by atoms with Crippen LogP contribution < -0.4 is 0 Å². The Bertz CT molecular complexity index is 832. The molecule has 52 heavy (non-hydrogen) atoms. The van der Waals surface area contributed by atoms with E-state index in [1.807, 2.05) is 0 Å². The summed E-state index contributed by atoms with van der Waals surface area (Å²) in [5, 5.41) is 0. The van der Waals surface area contributed by atoms with E-state index in [4.69, 9.17) is 14.2 Å². The van der Waals surface area contributed by atoms with Crippen molar-refractivity contribution in [1.29, 1.82) is 0 Å². The fourth-order valence-electron chi connectivity index (χ4n) is 6.23. The second-order valence-corrected chi connectivity index (χ2v) is 15.0. The highest BCUT2D eigenvalue weighted by atomic mass is 16.6. The van der Waals surface area contributed by atoms with E-state index in [-0.39, 0.29) is 25.2 Å². The van der Waals surface area contributed by atoms with Gasteiger partial charge in [-0.1, -0.05) is 179 Å². The van der Waals surface area contributed by atoms with Crippen LogP contribution in [0.5, 0.6) is 0 Å². The Morgan fingerprint density at radius 3 is 1.38 bits per heavy atom. The lowest BCUT2D eigenvalue weighted by atomic mass is 10.1. The Morgan fingerprint density at radius 1 is 0.423 bits per heavy atom. The molecule has 0 N–H and O–H groups in total. The molecule has 0 fully saturated rings. The summed E-state index contributed by atoms with van der Waals surface area (Å²) in [6.45, 7) is 7.75. The fourth-order valence-corrected chi connectivity index (χ4v) is 6.23. The summed E-state index contributed by atoms with van der Waals surface area (Å²) in [5.41, 5.74) is 0. The molecule has 0 rings (SSSR count). The number of allylic oxidation sites excluding steroid dienone is 6. The first-order chi connectivity index (χ1) is 25.6. The van der Waals surface area contributed by atoms with E-state index in [1.54, 1.807) is 0 Å². The number of carbonyl (C=O) groups is 2. The van der Waals surface area contributed by atoms with Gasteiger partial charge in [-0.2, -0.15) is 0 Å². The third-order valence-electron chi connectivity index (χ3n) is 9.65. The van der Waals surface area contributed by atoms with Crippen molar-refractivity contribution in [1.82, 2.24) is 0 Å². The molecule has 0 saturated carbocycles. The highest BCUT2D eigenvalue weighted by molar-refractivity contribution is 5.70. The Kier molecular flexibility index (Phi) is 42.0. The fraction of sp³-hybridized carbons (Fsp3) is 0.830. The minimum atomic E-state index is -0.538. The minimum Gasteiger partial charge on any atom is -0.462 e. The second kappa shape index (κ2) is 43.5. The normalized spacial score (nSPS) is 12.4. The number of carbonyl (C=O) groups excluding carboxylic acids is 2. The molecule has 0 aromatic rings. The first-order valence-corrected chi connectivity index (χ1v) is 22.5. The van der Waals surface area contributed by atoms with Crippen LogP contribution in [0, 0.1) is 0 Å². The third kappa shape index (κ3) is 40.9. The SMILES string of the molecule is CCCC/C=C\CCCCCCCC(=O)OC(COCCCCCCCCCCCC)COC(=O)CCCCCCC/C=C\C/C=C\CCCCC. The van der Waals surface area contributed by atoms with E-state index in [0.717, 1.165) is 70.6 Å². The first kappa shape index (κ1) is 50.1. The van der Waals surface area contributed by atoms with Gasteiger partial charge in [-0.25, -0.2) is 0 Å². The number of ether oxygens (including phenoxy) is 3. The summed E-state index contributed by atoms with van der Waals surface area (Å²) in [4.78, 5) is 25.2. The van der Waals surface area contributed by atoms with Crippen molar-refractivity contribution in [2.45, 2.75) is 232 Å². The maximum atomic E-state index is 12.7. The summed E-state index contributed by atoms with van der Waals surface area (Å²) in [7, 11) is 0. The maximum Gasteiger partial charge on any atom is 0.306 e. The average molecular weight is 731 g/mol. The van der Waals surface area contributed by atoms with Crippen molar-refractivity contribution >= 4 is 11.9 Å². The molecule has 304 valence electrons. The molecule has 1 atom stereocenters. The molecule has 0 saturated heterocycles. The lowest BCUT2D eigenvalue weighted by molar-refractivity contribution is -0.163. The summed E-state index contributed by atoms with van der Waals surface area (Å²) in [5.74, 6) is -0.419. The van der Waals surface area contributed by atoms with Crippen LogP contribution in [0.1, 0.15) is 226 Å². The summed E-state index contributed by atoms with van der Waals surface area (Å²) in [6, 6.07) is 0. The van der Waals surface area contributed by atoms with Crippen LogP contribution in [0.4, 0.5) is 0 Å². The quantitative estimate of drug-likeness (QED) is 0.0356. The molecular formula is C47H86O5. The van der Waals surface area contributed by atoms with Gasteiger partial charge in [0.15, 0.2) is 6.10 Å². The van der Waals surface area contributed by atoms with Crippen LogP contribution >= 0.6 is 0 Å². The molecule has 5 heteroatoms. The molecule has 0 aliphatic carbocycles. The molecule has 0 bridgehead atoms. The van der Waals surface area contributed by atoms with Gasteiger partial charge in [-0.15, -0.1) is 0 Å². The molecule has 0 spiro atoms. The number of hydrogen-bond acceptors (Lipinski definition) is 5. The monoisotopic (exact) mass is 731 g/mol. The molecule has 0 aromatic carbocycles. The van der Waals surface area contributed by atoms with Gasteiger partial charge in [0.05, 0.1) is 6.61 Å². The largest absolute Gasteiger partial charge is 0.462 e. The van der Waals surface area contributed by atoms with Crippen molar-refractivity contribution in [2.75, 3.05) is 19.8 Å². The van der Waals surface area contributed by atoms with Gasteiger partial charge in [-0.05, 0) is 70.6 Å². The summed E-state index contributed by atoms with van der Waals surface area (Å²) < 4.78 is 17.3. The first-order valence-electron chi connectivity index (χ1n) is 22.5. The molecular weight excluding hydrogens is 645 g/mol. The summed E-state index contributed by atoms with van der Waals surface area (Å²) >= 11 is 0. The zero-order valence-corrected chi connectivity index (χ0v) is 34.8. The van der Waals surface area contributed by atoms with Gasteiger partial charge < -0.3 is 14.2 Å². The molecule has 1 unspecified atom stereocenters. The van der Waals surface area contributed by atoms with Crippen LogP contribution in [0.3, 0.4) is 0 Å². The maximum absolute atomic E-state index is 12.7. The molecule has 0 aliphatic rings. The van der Waals surface area contributed by atoms with Gasteiger partial charge >= 0.3 is 11.9 Å². The summed E-state index contributed by atoms with van der Waals surface area (Å²) in [6.07, 6.45) is 49.9. The molecule has 0 aromatic heterocycles. The van der Waals surface area contributed by atoms with Gasteiger partial charge in [0, 0.05) is 19.4 Å². The van der Waals surface area contributed by atoms with Crippen LogP contribution in [0.25, 0.3) is 0 Å². The zero-order chi connectivity index (χ0) is 37.8. The number of hydrogen-bond donors (Lipinski definition) is 0. The van der Waals surface area contributed by atoms with Gasteiger partial charge in [0.1, 0.15) is 6.61 Å². The topological polar surface area (TPSA) is 61.8 Å². The van der Waals surface area contributed by atoms with Crippen molar-refractivity contribution in [2.24, 2.45) is 0 Å². The van der Waals surface area contributed by atoms with Gasteiger partial charge in [0.2, 0.25) is 0 Å². The van der Waals surface area contributed by atoms with Crippen LogP contribution in [0.15, 0.2) is 36.5 Å². The molecule has 0 aliphatic heterocycles. The minimum absolute atomic E-state index is 0.0780. The van der Waals surface area contributed by atoms with Crippen LogP contribution in [-0.4, -0.2) is 37.9 Å². The highest BCUT2D eigenvalue weighted by Crippen LogP contribution is 2.13. The lowest BCUT2D eigenvalue weighted by Gasteiger charge is -2.18. The van der Waals surface area contributed by atoms with Gasteiger partial charge in [0.25, 0.3) is 0 Å². The lowest BCUT2D eigenvalue weighted by Crippen LogP contribution is -2.30. The molecule has 0 amide bonds. The molecule has 0 radical (unpaired) electrons. The van der Waals surface area contributed by atoms with Crippen molar-refractivity contribution < 1.29 is 23.8 Å². The van der Waals surface area contributed by atoms with E-state index >= 15 is 0 Å². The standard InChI is InChI=1S/C47H86O5/c1-4-7-10-13-16-19-22-23-24-25-27-28-31-34-37-40-46(48)51-44-45(43-50-42-39-36-33-30-21-18-15-12-9-6-3)52-47(49)41-38-35-32-29-26-20-17-14-11-8-5-2/h14,16-17,19,23-24,45H,4-13,15,18,20-22,25-44H2,1-3H3/b17-14-,19-16-,24-23-. The predicted molar refractivity (Wildman–Crippen MR) is 224 cm³/mol. The van der Waals surface area contributed by atoms with Crippen LogP contribution in [0.2, 0.25) is 0 Å². The van der Waals surface area contributed by atoms with Crippen molar-refractivity contribution in [3.63, 3.8) is 0 Å². The Hall–Kier alpha value is -1.88. The third-order valence-corrected chi connectivity index (χ3v) is 9.65. The van der Waals surface area contributed by atoms with E-state index in [1.165, 1.54) is 122 Å².